The molecule has 6 heteroatoms. The Labute approximate surface area is 174 Å². The normalized spacial score (nSPS) is 17.7. The van der Waals surface area contributed by atoms with Crippen molar-refractivity contribution in [3.63, 3.8) is 0 Å². The number of aryl methyl sites for hydroxylation is 1. The standard InChI is InChI=1S/C23H24ClN3O2/c1-29-16-7-8-20-19(13-16)21-22(17-5-2-3-6-18(17)23(24)25-21)27(20)11-4-10-26-12-9-15(28)14-26/h2-3,5-8,13,15,28H,4,9-12,14H2,1H3/t15-/m1/s1. The van der Waals surface area contributed by atoms with Crippen LogP contribution in [0.25, 0.3) is 32.7 Å². The topological polar surface area (TPSA) is 50.5 Å². The number of halogens is 1. The molecule has 2 aromatic heterocycles. The number of β-amino-alcohol motifs (C(OH)–C–C–N with tert-alkyl or cyclic N) is 1. The lowest BCUT2D eigenvalue weighted by molar-refractivity contribution is 0.175. The molecule has 1 fully saturated rings. The Bertz CT molecular complexity index is 1200. The summed E-state index contributed by atoms with van der Waals surface area (Å²) in [5, 5.41) is 13.5. The first-order valence-electron chi connectivity index (χ1n) is 10.1. The van der Waals surface area contributed by atoms with Gasteiger partial charge in [0.15, 0.2) is 0 Å². The molecule has 4 aromatic rings. The molecule has 29 heavy (non-hydrogen) atoms. The molecule has 1 aliphatic heterocycles. The zero-order valence-electron chi connectivity index (χ0n) is 16.4. The highest BCUT2D eigenvalue weighted by Gasteiger charge is 2.21. The molecule has 1 atom stereocenters. The molecule has 150 valence electrons. The average molecular weight is 410 g/mol. The summed E-state index contributed by atoms with van der Waals surface area (Å²) in [4.78, 5) is 7.11. The highest BCUT2D eigenvalue weighted by Crippen LogP contribution is 2.37. The molecule has 0 radical (unpaired) electrons. The van der Waals surface area contributed by atoms with Crippen molar-refractivity contribution in [2.45, 2.75) is 25.5 Å². The van der Waals surface area contributed by atoms with E-state index in [1.54, 1.807) is 7.11 Å². The van der Waals surface area contributed by atoms with E-state index in [4.69, 9.17) is 21.3 Å². The summed E-state index contributed by atoms with van der Waals surface area (Å²) >= 11 is 6.54. The molecular formula is C23H24ClN3O2. The smallest absolute Gasteiger partial charge is 0.137 e. The first kappa shape index (κ1) is 18.7. The van der Waals surface area contributed by atoms with Gasteiger partial charge < -0.3 is 19.3 Å². The molecule has 0 spiro atoms. The second kappa shape index (κ2) is 7.48. The summed E-state index contributed by atoms with van der Waals surface area (Å²) in [5.41, 5.74) is 3.18. The fourth-order valence-electron chi connectivity index (χ4n) is 4.56. The molecule has 0 bridgehead atoms. The van der Waals surface area contributed by atoms with Gasteiger partial charge in [-0.3, -0.25) is 0 Å². The van der Waals surface area contributed by atoms with Crippen LogP contribution in [0, 0.1) is 0 Å². The summed E-state index contributed by atoms with van der Waals surface area (Å²) in [6.07, 6.45) is 1.71. The molecule has 3 heterocycles. The van der Waals surface area contributed by atoms with Crippen molar-refractivity contribution < 1.29 is 9.84 Å². The monoisotopic (exact) mass is 409 g/mol. The predicted molar refractivity (Wildman–Crippen MR) is 118 cm³/mol. The van der Waals surface area contributed by atoms with Crippen molar-refractivity contribution >= 4 is 44.3 Å². The average Bonchev–Trinajstić information content (AvgIpc) is 3.29. The number of hydrogen-bond donors (Lipinski definition) is 1. The maximum absolute atomic E-state index is 9.78. The lowest BCUT2D eigenvalue weighted by atomic mass is 10.1. The number of rotatable bonds is 5. The largest absolute Gasteiger partial charge is 0.497 e. The van der Waals surface area contributed by atoms with Crippen molar-refractivity contribution in [1.29, 1.82) is 0 Å². The number of aromatic nitrogens is 2. The van der Waals surface area contributed by atoms with E-state index in [1.807, 2.05) is 30.3 Å². The third kappa shape index (κ3) is 3.23. The Morgan fingerprint density at radius 1 is 1.14 bits per heavy atom. The Kier molecular flexibility index (Phi) is 4.82. The molecule has 5 nitrogen and oxygen atoms in total. The van der Waals surface area contributed by atoms with Gasteiger partial charge in [0.05, 0.1) is 29.8 Å². The van der Waals surface area contributed by atoms with Crippen molar-refractivity contribution in [1.82, 2.24) is 14.5 Å². The molecule has 0 unspecified atom stereocenters. The number of likely N-dealkylation sites (tertiary alicyclic amines) is 1. The maximum atomic E-state index is 9.78. The van der Waals surface area contributed by atoms with Crippen LogP contribution in [-0.2, 0) is 6.54 Å². The maximum Gasteiger partial charge on any atom is 0.137 e. The SMILES string of the molecule is COc1ccc2c(c1)c1nc(Cl)c3ccccc3c1n2CCCN1CC[C@@H](O)C1. The van der Waals surface area contributed by atoms with Gasteiger partial charge in [-0.25, -0.2) is 4.98 Å². The van der Waals surface area contributed by atoms with Gasteiger partial charge >= 0.3 is 0 Å². The van der Waals surface area contributed by atoms with Crippen LogP contribution >= 0.6 is 11.6 Å². The third-order valence-corrected chi connectivity index (χ3v) is 6.25. The minimum Gasteiger partial charge on any atom is -0.497 e. The number of aliphatic hydroxyl groups excluding tert-OH is 1. The van der Waals surface area contributed by atoms with Gasteiger partial charge in [-0.05, 0) is 37.6 Å². The van der Waals surface area contributed by atoms with Gasteiger partial charge in [-0.1, -0.05) is 35.9 Å². The van der Waals surface area contributed by atoms with E-state index in [1.165, 1.54) is 0 Å². The molecule has 0 aliphatic carbocycles. The Hall–Kier alpha value is -2.34. The van der Waals surface area contributed by atoms with E-state index < -0.39 is 0 Å². The van der Waals surface area contributed by atoms with Crippen LogP contribution in [0.1, 0.15) is 12.8 Å². The van der Waals surface area contributed by atoms with Gasteiger partial charge in [0.1, 0.15) is 10.9 Å². The fourth-order valence-corrected chi connectivity index (χ4v) is 4.81. The Balaban J connectivity index is 1.64. The zero-order valence-corrected chi connectivity index (χ0v) is 17.2. The Morgan fingerprint density at radius 3 is 2.72 bits per heavy atom. The van der Waals surface area contributed by atoms with E-state index >= 15 is 0 Å². The van der Waals surface area contributed by atoms with Crippen LogP contribution in [0.4, 0.5) is 0 Å². The zero-order chi connectivity index (χ0) is 20.0. The van der Waals surface area contributed by atoms with Gasteiger partial charge in [0.2, 0.25) is 0 Å². The number of aliphatic hydroxyl groups is 1. The van der Waals surface area contributed by atoms with Crippen LogP contribution < -0.4 is 4.74 Å². The molecule has 2 aromatic carbocycles. The minimum atomic E-state index is -0.175. The van der Waals surface area contributed by atoms with Crippen LogP contribution in [-0.4, -0.2) is 52.4 Å². The summed E-state index contributed by atoms with van der Waals surface area (Å²) in [6.45, 7) is 3.62. The highest BCUT2D eigenvalue weighted by molar-refractivity contribution is 6.36. The molecule has 5 rings (SSSR count). The molecule has 1 N–H and O–H groups in total. The second-order valence-electron chi connectivity index (χ2n) is 7.78. The van der Waals surface area contributed by atoms with Crippen molar-refractivity contribution in [2.75, 3.05) is 26.7 Å². The van der Waals surface area contributed by atoms with E-state index in [0.29, 0.717) is 5.15 Å². The van der Waals surface area contributed by atoms with Crippen molar-refractivity contribution in [3.8, 4) is 5.75 Å². The first-order chi connectivity index (χ1) is 14.2. The van der Waals surface area contributed by atoms with Crippen LogP contribution in [0.5, 0.6) is 5.75 Å². The Morgan fingerprint density at radius 2 is 1.97 bits per heavy atom. The second-order valence-corrected chi connectivity index (χ2v) is 8.13. The lowest BCUT2D eigenvalue weighted by Gasteiger charge is -2.16. The quantitative estimate of drug-likeness (QED) is 0.494. The van der Waals surface area contributed by atoms with Crippen LogP contribution in [0.2, 0.25) is 5.15 Å². The van der Waals surface area contributed by atoms with Gasteiger partial charge in [0.25, 0.3) is 0 Å². The summed E-state index contributed by atoms with van der Waals surface area (Å²) < 4.78 is 7.82. The van der Waals surface area contributed by atoms with Crippen molar-refractivity contribution in [3.05, 3.63) is 47.6 Å². The molecule has 0 amide bonds. The van der Waals surface area contributed by atoms with E-state index in [0.717, 1.165) is 77.5 Å². The predicted octanol–water partition coefficient (Wildman–Crippen LogP) is 4.46. The van der Waals surface area contributed by atoms with Crippen LogP contribution in [0.3, 0.4) is 0 Å². The number of benzene rings is 2. The van der Waals surface area contributed by atoms with E-state index in [9.17, 15) is 5.11 Å². The lowest BCUT2D eigenvalue weighted by Crippen LogP contribution is -2.24. The number of hydrogen-bond acceptors (Lipinski definition) is 4. The van der Waals surface area contributed by atoms with Crippen molar-refractivity contribution in [2.24, 2.45) is 0 Å². The number of methoxy groups -OCH3 is 1. The molecule has 1 saturated heterocycles. The van der Waals surface area contributed by atoms with Gasteiger partial charge in [-0.15, -0.1) is 0 Å². The molecule has 0 saturated carbocycles. The summed E-state index contributed by atoms with van der Waals surface area (Å²) in [7, 11) is 1.68. The van der Waals surface area contributed by atoms with E-state index in [-0.39, 0.29) is 6.10 Å². The van der Waals surface area contributed by atoms with Gasteiger partial charge in [-0.2, -0.15) is 0 Å². The van der Waals surface area contributed by atoms with E-state index in [2.05, 4.69) is 21.6 Å². The first-order valence-corrected chi connectivity index (χ1v) is 10.5. The minimum absolute atomic E-state index is 0.175. The van der Waals surface area contributed by atoms with Crippen LogP contribution in [0.15, 0.2) is 42.5 Å². The third-order valence-electron chi connectivity index (χ3n) is 5.96. The summed E-state index contributed by atoms with van der Waals surface area (Å²) in [6, 6.07) is 14.3. The number of nitrogens with zero attached hydrogens (tertiary/aromatic N) is 3. The number of pyridine rings is 1. The highest BCUT2D eigenvalue weighted by atomic mass is 35.5. The van der Waals surface area contributed by atoms with Gasteiger partial charge in [0, 0.05) is 35.8 Å². The fraction of sp³-hybridized carbons (Fsp3) is 0.348. The molecule has 1 aliphatic rings. The molecular weight excluding hydrogens is 386 g/mol. The number of ether oxygens (including phenoxy) is 1. The summed E-state index contributed by atoms with van der Waals surface area (Å²) in [5.74, 6) is 0.814. The number of fused-ring (bicyclic) bond motifs is 5.